The maximum absolute atomic E-state index is 12.9. The van der Waals surface area contributed by atoms with E-state index in [1.54, 1.807) is 20.4 Å². The Bertz CT molecular complexity index is 972. The van der Waals surface area contributed by atoms with Crippen LogP contribution in [0, 0.1) is 0 Å². The molecule has 2 aliphatic rings. The van der Waals surface area contributed by atoms with E-state index < -0.39 is 10.2 Å². The quantitative estimate of drug-likeness (QED) is 0.682. The van der Waals surface area contributed by atoms with Crippen LogP contribution in [0.5, 0.6) is 11.8 Å². The summed E-state index contributed by atoms with van der Waals surface area (Å²) in [5.74, 6) is 0.733. The first kappa shape index (κ1) is 21.2. The van der Waals surface area contributed by atoms with Crippen molar-refractivity contribution in [1.29, 1.82) is 0 Å². The molecular weight excluding hydrogens is 408 g/mol. The van der Waals surface area contributed by atoms with Gasteiger partial charge in [0.25, 0.3) is 10.2 Å². The van der Waals surface area contributed by atoms with Gasteiger partial charge >= 0.3 is 6.01 Å². The summed E-state index contributed by atoms with van der Waals surface area (Å²) < 4.78 is 45.3. The number of hydrogen-bond acceptors (Lipinski definition) is 7. The highest BCUT2D eigenvalue weighted by atomic mass is 32.2. The van der Waals surface area contributed by atoms with Crippen molar-refractivity contribution in [2.45, 2.75) is 37.8 Å². The van der Waals surface area contributed by atoms with Crippen LogP contribution in [0.3, 0.4) is 0 Å². The third-order valence-corrected chi connectivity index (χ3v) is 7.90. The van der Waals surface area contributed by atoms with Gasteiger partial charge in [-0.2, -0.15) is 22.0 Å². The van der Waals surface area contributed by atoms with Crippen LogP contribution < -0.4 is 9.47 Å². The molecule has 4 rings (SSSR count). The number of hydrogen-bond donors (Lipinski definition) is 0. The molecular formula is C20H28N4O5S. The Morgan fingerprint density at radius 3 is 2.60 bits per heavy atom. The van der Waals surface area contributed by atoms with E-state index in [9.17, 15) is 8.42 Å². The molecule has 1 aromatic heterocycles. The zero-order chi connectivity index (χ0) is 21.1. The van der Waals surface area contributed by atoms with Crippen LogP contribution in [0.25, 0.3) is 10.9 Å². The van der Waals surface area contributed by atoms with Crippen LogP contribution in [0.2, 0.25) is 0 Å². The molecule has 0 N–H and O–H groups in total. The maximum atomic E-state index is 12.9. The molecule has 1 aliphatic heterocycles. The molecule has 0 unspecified atom stereocenters. The highest BCUT2D eigenvalue weighted by Gasteiger charge is 2.35. The zero-order valence-corrected chi connectivity index (χ0v) is 18.2. The molecule has 0 spiro atoms. The summed E-state index contributed by atoms with van der Waals surface area (Å²) in [6.07, 6.45) is 4.72. The van der Waals surface area contributed by atoms with Gasteiger partial charge in [0, 0.05) is 43.8 Å². The summed E-state index contributed by atoms with van der Waals surface area (Å²) in [7, 11) is -0.163. The van der Waals surface area contributed by atoms with Gasteiger partial charge in [-0.25, -0.2) is 4.98 Å². The van der Waals surface area contributed by atoms with Gasteiger partial charge in [0.15, 0.2) is 0 Å². The Morgan fingerprint density at radius 2 is 1.90 bits per heavy atom. The Balaban J connectivity index is 1.36. The van der Waals surface area contributed by atoms with Gasteiger partial charge in [-0.15, -0.1) is 0 Å². The molecule has 2 fully saturated rings. The Labute approximate surface area is 177 Å². The fourth-order valence-electron chi connectivity index (χ4n) is 3.99. The molecule has 30 heavy (non-hydrogen) atoms. The Hall–Kier alpha value is -2.01. The van der Waals surface area contributed by atoms with E-state index in [0.29, 0.717) is 32.3 Å². The first-order valence-electron chi connectivity index (χ1n) is 10.3. The summed E-state index contributed by atoms with van der Waals surface area (Å²) in [5.41, 5.74) is 0.768. The summed E-state index contributed by atoms with van der Waals surface area (Å²) in [4.78, 5) is 8.81. The van der Waals surface area contributed by atoms with Crippen LogP contribution in [0.1, 0.15) is 25.7 Å². The normalized spacial score (nSPS) is 23.6. The second kappa shape index (κ2) is 9.01. The molecule has 0 amide bonds. The summed E-state index contributed by atoms with van der Waals surface area (Å²) in [6, 6.07) is 5.95. The van der Waals surface area contributed by atoms with Crippen LogP contribution in [0.4, 0.5) is 0 Å². The number of nitrogens with zero attached hydrogens (tertiary/aromatic N) is 4. The van der Waals surface area contributed by atoms with Crippen molar-refractivity contribution >= 4 is 21.1 Å². The van der Waals surface area contributed by atoms with Gasteiger partial charge in [-0.1, -0.05) is 0 Å². The predicted octanol–water partition coefficient (Wildman–Crippen LogP) is 1.84. The van der Waals surface area contributed by atoms with Gasteiger partial charge in [-0.3, -0.25) is 0 Å². The number of morpholine rings is 1. The molecule has 1 saturated heterocycles. The summed E-state index contributed by atoms with van der Waals surface area (Å²) >= 11 is 0. The van der Waals surface area contributed by atoms with Crippen molar-refractivity contribution in [3.63, 3.8) is 0 Å². The smallest absolute Gasteiger partial charge is 0.317 e. The van der Waals surface area contributed by atoms with Crippen molar-refractivity contribution in [3.05, 3.63) is 24.4 Å². The lowest BCUT2D eigenvalue weighted by Gasteiger charge is -2.37. The van der Waals surface area contributed by atoms with E-state index in [1.807, 2.05) is 18.2 Å². The van der Waals surface area contributed by atoms with E-state index in [1.165, 1.54) is 8.61 Å². The highest BCUT2D eigenvalue weighted by Crippen LogP contribution is 2.28. The fraction of sp³-hybridized carbons (Fsp3) is 0.600. The van der Waals surface area contributed by atoms with Crippen LogP contribution in [-0.2, 0) is 14.9 Å². The van der Waals surface area contributed by atoms with E-state index in [2.05, 4.69) is 9.97 Å². The summed E-state index contributed by atoms with van der Waals surface area (Å²) in [5, 5.41) is 0.918. The molecule has 1 aliphatic carbocycles. The second-order valence-corrected chi connectivity index (χ2v) is 9.65. The average Bonchev–Trinajstić information content (AvgIpc) is 2.79. The number of aromatic nitrogens is 2. The molecule has 9 nitrogen and oxygen atoms in total. The van der Waals surface area contributed by atoms with Crippen molar-refractivity contribution < 1.29 is 22.6 Å². The monoisotopic (exact) mass is 436 g/mol. The molecule has 10 heteroatoms. The number of ether oxygens (including phenoxy) is 3. The Morgan fingerprint density at radius 1 is 1.17 bits per heavy atom. The first-order chi connectivity index (χ1) is 14.5. The average molecular weight is 437 g/mol. The van der Waals surface area contributed by atoms with Crippen molar-refractivity contribution in [3.8, 4) is 11.8 Å². The minimum atomic E-state index is -3.46. The highest BCUT2D eigenvalue weighted by molar-refractivity contribution is 7.86. The van der Waals surface area contributed by atoms with E-state index >= 15 is 0 Å². The number of rotatable bonds is 6. The van der Waals surface area contributed by atoms with Crippen molar-refractivity contribution in [2.75, 3.05) is 40.5 Å². The number of fused-ring (bicyclic) bond motifs is 1. The van der Waals surface area contributed by atoms with Crippen LogP contribution in [-0.4, -0.2) is 79.6 Å². The third kappa shape index (κ3) is 4.51. The fourth-order valence-corrected chi connectivity index (χ4v) is 5.56. The minimum Gasteiger partial charge on any atom is -0.497 e. The van der Waals surface area contributed by atoms with Gasteiger partial charge < -0.3 is 14.2 Å². The molecule has 1 saturated carbocycles. The lowest BCUT2D eigenvalue weighted by atomic mass is 9.93. The van der Waals surface area contributed by atoms with Crippen LogP contribution in [0.15, 0.2) is 24.4 Å². The van der Waals surface area contributed by atoms with Crippen molar-refractivity contribution in [2.24, 2.45) is 0 Å². The Kier molecular flexibility index (Phi) is 6.37. The van der Waals surface area contributed by atoms with Gasteiger partial charge in [0.1, 0.15) is 11.9 Å². The molecule has 2 aromatic rings. The van der Waals surface area contributed by atoms with E-state index in [-0.39, 0.29) is 12.1 Å². The molecule has 0 atom stereocenters. The van der Waals surface area contributed by atoms with Gasteiger partial charge in [-0.05, 0) is 37.8 Å². The van der Waals surface area contributed by atoms with E-state index in [4.69, 9.17) is 14.2 Å². The number of methoxy groups -OCH3 is 1. The topological polar surface area (TPSA) is 94.1 Å². The second-order valence-electron chi connectivity index (χ2n) is 7.66. The lowest BCUT2D eigenvalue weighted by molar-refractivity contribution is 0.0677. The van der Waals surface area contributed by atoms with E-state index in [0.717, 1.165) is 42.3 Å². The molecule has 164 valence electrons. The molecule has 2 heterocycles. The first-order valence-corrected chi connectivity index (χ1v) is 11.7. The SMILES string of the molecule is COc1ccc2cnc(OC3CCC(N(C)S(=O)(=O)N4CCOCC4)CC3)nc2c1. The minimum absolute atomic E-state index is 0.0243. The maximum Gasteiger partial charge on any atom is 0.317 e. The molecule has 0 bridgehead atoms. The largest absolute Gasteiger partial charge is 0.497 e. The predicted molar refractivity (Wildman–Crippen MR) is 112 cm³/mol. The van der Waals surface area contributed by atoms with Crippen molar-refractivity contribution in [1.82, 2.24) is 18.6 Å². The third-order valence-electron chi connectivity index (χ3n) is 5.86. The van der Waals surface area contributed by atoms with Gasteiger partial charge in [0.05, 0.1) is 25.8 Å². The lowest BCUT2D eigenvalue weighted by Crippen LogP contribution is -2.51. The number of benzene rings is 1. The standard InChI is InChI=1S/C20H28N4O5S/c1-23(30(25,26)24-9-11-28-12-10-24)16-4-7-17(8-5-16)29-20-21-14-15-3-6-18(27-2)13-19(15)22-20/h3,6,13-14,16-17H,4-5,7-12H2,1-2H3. The zero-order valence-electron chi connectivity index (χ0n) is 17.4. The summed E-state index contributed by atoms with van der Waals surface area (Å²) in [6.45, 7) is 1.72. The van der Waals surface area contributed by atoms with Gasteiger partial charge in [0.2, 0.25) is 0 Å². The molecule has 1 aromatic carbocycles. The van der Waals surface area contributed by atoms with Crippen LogP contribution >= 0.6 is 0 Å². The molecule has 0 radical (unpaired) electrons.